The topological polar surface area (TPSA) is 46.2 Å². The molecule has 0 amide bonds. The second-order valence-electron chi connectivity index (χ2n) is 5.45. The molecule has 1 fully saturated rings. The molecule has 0 spiro atoms. The van der Waals surface area contributed by atoms with Gasteiger partial charge in [-0.3, -0.25) is 0 Å². The molecule has 1 aromatic rings. The molecule has 0 bridgehead atoms. The van der Waals surface area contributed by atoms with Gasteiger partial charge in [0.1, 0.15) is 5.75 Å². The lowest BCUT2D eigenvalue weighted by atomic mass is 9.85. The van der Waals surface area contributed by atoms with E-state index in [4.69, 9.17) is 5.73 Å². The first-order valence-corrected chi connectivity index (χ1v) is 6.29. The standard InChI is InChI=1S/C14H19NO/c15-14(7-8-14)9-10-5-6-13(16)12-4-2-1-3-11(10)12/h5-6,16H,1-4,7-9,15H2. The van der Waals surface area contributed by atoms with Crippen molar-refractivity contribution in [3.63, 3.8) is 0 Å². The summed E-state index contributed by atoms with van der Waals surface area (Å²) in [6.07, 6.45) is 7.92. The Bertz CT molecular complexity index is 421. The number of aromatic hydroxyl groups is 1. The normalized spacial score (nSPS) is 21.6. The van der Waals surface area contributed by atoms with Crippen LogP contribution in [0, 0.1) is 0 Å². The van der Waals surface area contributed by atoms with E-state index in [9.17, 15) is 5.11 Å². The van der Waals surface area contributed by atoms with Crippen LogP contribution in [0.1, 0.15) is 42.4 Å². The number of fused-ring (bicyclic) bond motifs is 1. The number of phenolic OH excluding ortho intramolecular Hbond substituents is 1. The zero-order valence-electron chi connectivity index (χ0n) is 9.63. The Morgan fingerprint density at radius 1 is 1.12 bits per heavy atom. The molecule has 0 unspecified atom stereocenters. The van der Waals surface area contributed by atoms with E-state index in [1.165, 1.54) is 29.5 Å². The molecule has 1 aromatic carbocycles. The number of hydrogen-bond donors (Lipinski definition) is 2. The van der Waals surface area contributed by atoms with Crippen LogP contribution in [-0.2, 0) is 19.3 Å². The minimum atomic E-state index is 0.0716. The largest absolute Gasteiger partial charge is 0.508 e. The van der Waals surface area contributed by atoms with Crippen LogP contribution >= 0.6 is 0 Å². The fourth-order valence-electron chi connectivity index (χ4n) is 2.81. The monoisotopic (exact) mass is 217 g/mol. The summed E-state index contributed by atoms with van der Waals surface area (Å²) in [6.45, 7) is 0. The zero-order chi connectivity index (χ0) is 11.2. The number of phenols is 1. The van der Waals surface area contributed by atoms with Crippen molar-refractivity contribution in [1.82, 2.24) is 0 Å². The molecule has 3 N–H and O–H groups in total. The molecule has 0 aromatic heterocycles. The van der Waals surface area contributed by atoms with Gasteiger partial charge in [0, 0.05) is 5.54 Å². The molecule has 0 radical (unpaired) electrons. The Hall–Kier alpha value is -1.02. The summed E-state index contributed by atoms with van der Waals surface area (Å²) in [6, 6.07) is 3.93. The second kappa shape index (κ2) is 3.49. The predicted octanol–water partition coefficient (Wildman–Crippen LogP) is 2.30. The first-order valence-electron chi connectivity index (χ1n) is 6.29. The van der Waals surface area contributed by atoms with Gasteiger partial charge >= 0.3 is 0 Å². The number of hydrogen-bond acceptors (Lipinski definition) is 2. The van der Waals surface area contributed by atoms with E-state index in [2.05, 4.69) is 6.07 Å². The maximum atomic E-state index is 9.86. The molecular weight excluding hydrogens is 198 g/mol. The van der Waals surface area contributed by atoms with Gasteiger partial charge in [-0.25, -0.2) is 0 Å². The third-order valence-corrected chi connectivity index (χ3v) is 4.04. The van der Waals surface area contributed by atoms with Gasteiger partial charge in [-0.1, -0.05) is 6.07 Å². The summed E-state index contributed by atoms with van der Waals surface area (Å²) in [5.41, 5.74) is 10.2. The van der Waals surface area contributed by atoms with Crippen LogP contribution in [0.25, 0.3) is 0 Å². The van der Waals surface area contributed by atoms with Crippen molar-refractivity contribution in [2.24, 2.45) is 5.73 Å². The second-order valence-corrected chi connectivity index (χ2v) is 5.45. The van der Waals surface area contributed by atoms with Gasteiger partial charge in [-0.2, -0.15) is 0 Å². The summed E-state index contributed by atoms with van der Waals surface area (Å²) in [5.74, 6) is 0.486. The molecule has 1 saturated carbocycles. The minimum absolute atomic E-state index is 0.0716. The van der Waals surface area contributed by atoms with Gasteiger partial charge in [0.05, 0.1) is 0 Å². The molecule has 2 nitrogen and oxygen atoms in total. The average Bonchev–Trinajstić information content (AvgIpc) is 3.01. The van der Waals surface area contributed by atoms with Crippen LogP contribution in [0.2, 0.25) is 0 Å². The van der Waals surface area contributed by atoms with E-state index in [-0.39, 0.29) is 5.54 Å². The summed E-state index contributed by atoms with van der Waals surface area (Å²) in [7, 11) is 0. The molecule has 2 heteroatoms. The minimum Gasteiger partial charge on any atom is -0.508 e. The van der Waals surface area contributed by atoms with Gasteiger partial charge in [0.2, 0.25) is 0 Å². The first kappa shape index (κ1) is 10.2. The van der Waals surface area contributed by atoms with Crippen molar-refractivity contribution in [2.75, 3.05) is 0 Å². The van der Waals surface area contributed by atoms with Gasteiger partial charge in [-0.05, 0) is 67.7 Å². The molecular formula is C14H19NO. The highest BCUT2D eigenvalue weighted by atomic mass is 16.3. The smallest absolute Gasteiger partial charge is 0.119 e. The fraction of sp³-hybridized carbons (Fsp3) is 0.571. The fourth-order valence-corrected chi connectivity index (χ4v) is 2.81. The van der Waals surface area contributed by atoms with Crippen LogP contribution in [0.15, 0.2) is 12.1 Å². The highest BCUT2D eigenvalue weighted by molar-refractivity contribution is 5.46. The molecule has 2 aliphatic carbocycles. The third kappa shape index (κ3) is 1.71. The molecule has 3 rings (SSSR count). The Morgan fingerprint density at radius 2 is 1.81 bits per heavy atom. The van der Waals surface area contributed by atoms with E-state index in [0.29, 0.717) is 5.75 Å². The predicted molar refractivity (Wildman–Crippen MR) is 64.6 cm³/mol. The highest BCUT2D eigenvalue weighted by Crippen LogP contribution is 2.39. The molecule has 0 heterocycles. The Kier molecular flexibility index (Phi) is 2.21. The van der Waals surface area contributed by atoms with Crippen molar-refractivity contribution in [3.05, 3.63) is 28.8 Å². The molecule has 16 heavy (non-hydrogen) atoms. The third-order valence-electron chi connectivity index (χ3n) is 4.04. The summed E-state index contributed by atoms with van der Waals surface area (Å²) in [5, 5.41) is 9.86. The van der Waals surface area contributed by atoms with Crippen molar-refractivity contribution < 1.29 is 5.11 Å². The van der Waals surface area contributed by atoms with Crippen LogP contribution in [-0.4, -0.2) is 10.6 Å². The van der Waals surface area contributed by atoms with Crippen molar-refractivity contribution >= 4 is 0 Å². The summed E-state index contributed by atoms with van der Waals surface area (Å²) >= 11 is 0. The molecule has 86 valence electrons. The van der Waals surface area contributed by atoms with Crippen LogP contribution < -0.4 is 5.73 Å². The van der Waals surface area contributed by atoms with Crippen molar-refractivity contribution in [3.8, 4) is 5.75 Å². The first-order chi connectivity index (χ1) is 7.68. The van der Waals surface area contributed by atoms with Crippen LogP contribution in [0.3, 0.4) is 0 Å². The quantitative estimate of drug-likeness (QED) is 0.798. The lowest BCUT2D eigenvalue weighted by Gasteiger charge is -2.22. The maximum absolute atomic E-state index is 9.86. The average molecular weight is 217 g/mol. The van der Waals surface area contributed by atoms with Gasteiger partial charge in [0.25, 0.3) is 0 Å². The Balaban J connectivity index is 1.98. The number of benzene rings is 1. The zero-order valence-corrected chi connectivity index (χ0v) is 9.63. The SMILES string of the molecule is NC1(Cc2ccc(O)c3c2CCCC3)CC1. The van der Waals surface area contributed by atoms with E-state index >= 15 is 0 Å². The highest BCUT2D eigenvalue weighted by Gasteiger charge is 2.38. The molecule has 0 aliphatic heterocycles. The van der Waals surface area contributed by atoms with Gasteiger partial charge < -0.3 is 10.8 Å². The van der Waals surface area contributed by atoms with Crippen molar-refractivity contribution in [1.29, 1.82) is 0 Å². The Labute approximate surface area is 96.5 Å². The Morgan fingerprint density at radius 3 is 2.50 bits per heavy atom. The van der Waals surface area contributed by atoms with E-state index < -0.39 is 0 Å². The van der Waals surface area contributed by atoms with Crippen LogP contribution in [0.5, 0.6) is 5.75 Å². The lowest BCUT2D eigenvalue weighted by molar-refractivity contribution is 0.460. The van der Waals surface area contributed by atoms with Crippen molar-refractivity contribution in [2.45, 2.75) is 50.5 Å². The number of nitrogens with two attached hydrogens (primary N) is 1. The number of rotatable bonds is 2. The van der Waals surface area contributed by atoms with Gasteiger partial charge in [-0.15, -0.1) is 0 Å². The summed E-state index contributed by atoms with van der Waals surface area (Å²) in [4.78, 5) is 0. The summed E-state index contributed by atoms with van der Waals surface area (Å²) < 4.78 is 0. The van der Waals surface area contributed by atoms with Gasteiger partial charge in [0.15, 0.2) is 0 Å². The van der Waals surface area contributed by atoms with Crippen LogP contribution in [0.4, 0.5) is 0 Å². The molecule has 0 saturated heterocycles. The maximum Gasteiger partial charge on any atom is 0.119 e. The van der Waals surface area contributed by atoms with E-state index in [1.807, 2.05) is 6.07 Å². The molecule has 0 atom stereocenters. The van der Waals surface area contributed by atoms with E-state index in [1.54, 1.807) is 0 Å². The van der Waals surface area contributed by atoms with E-state index in [0.717, 1.165) is 32.1 Å². The molecule has 2 aliphatic rings. The lowest BCUT2D eigenvalue weighted by Crippen LogP contribution is -2.25.